The molecule has 1 atom stereocenters. The van der Waals surface area contributed by atoms with E-state index < -0.39 is 0 Å². The lowest BCUT2D eigenvalue weighted by Gasteiger charge is -2.20. The summed E-state index contributed by atoms with van der Waals surface area (Å²) in [6, 6.07) is 7.93. The van der Waals surface area contributed by atoms with E-state index in [0.717, 1.165) is 18.7 Å². The van der Waals surface area contributed by atoms with Gasteiger partial charge in [0.25, 0.3) is 0 Å². The van der Waals surface area contributed by atoms with Gasteiger partial charge in [-0.05, 0) is 44.5 Å². The predicted molar refractivity (Wildman–Crippen MR) is 68.4 cm³/mol. The summed E-state index contributed by atoms with van der Waals surface area (Å²) in [5.41, 5.74) is 1.15. The van der Waals surface area contributed by atoms with Crippen LogP contribution in [-0.4, -0.2) is 30.1 Å². The van der Waals surface area contributed by atoms with Crippen molar-refractivity contribution >= 4 is 0 Å². The van der Waals surface area contributed by atoms with Crippen molar-refractivity contribution in [3.05, 3.63) is 35.6 Å². The van der Waals surface area contributed by atoms with E-state index >= 15 is 0 Å². The fourth-order valence-electron chi connectivity index (χ4n) is 2.29. The van der Waals surface area contributed by atoms with E-state index in [0.29, 0.717) is 12.1 Å². The molecule has 0 amide bonds. The number of nitrogens with one attached hydrogen (secondary N) is 1. The summed E-state index contributed by atoms with van der Waals surface area (Å²) in [4.78, 5) is 2.49. The average Bonchev–Trinajstić information content (AvgIpc) is 2.77. The maximum Gasteiger partial charge on any atom is 0.123 e. The van der Waals surface area contributed by atoms with Gasteiger partial charge in [0.1, 0.15) is 5.82 Å². The van der Waals surface area contributed by atoms with E-state index in [4.69, 9.17) is 0 Å². The van der Waals surface area contributed by atoms with Gasteiger partial charge >= 0.3 is 0 Å². The first kappa shape index (κ1) is 12.5. The van der Waals surface area contributed by atoms with Gasteiger partial charge in [0.05, 0.1) is 0 Å². The number of hydrogen-bond donors (Lipinski definition) is 1. The van der Waals surface area contributed by atoms with E-state index in [1.54, 1.807) is 0 Å². The molecule has 1 aromatic rings. The second-order valence-corrected chi connectivity index (χ2v) is 5.08. The fourth-order valence-corrected chi connectivity index (χ4v) is 2.29. The smallest absolute Gasteiger partial charge is 0.123 e. The number of likely N-dealkylation sites (tertiary alicyclic amines) is 1. The summed E-state index contributed by atoms with van der Waals surface area (Å²) in [7, 11) is 0. The van der Waals surface area contributed by atoms with E-state index in [9.17, 15) is 4.39 Å². The van der Waals surface area contributed by atoms with Crippen LogP contribution in [-0.2, 0) is 6.54 Å². The van der Waals surface area contributed by atoms with Crippen LogP contribution in [0.3, 0.4) is 0 Å². The summed E-state index contributed by atoms with van der Waals surface area (Å²) < 4.78 is 12.7. The highest BCUT2D eigenvalue weighted by atomic mass is 19.1. The molecule has 17 heavy (non-hydrogen) atoms. The Hall–Kier alpha value is -0.930. The van der Waals surface area contributed by atoms with Crippen molar-refractivity contribution < 1.29 is 4.39 Å². The first-order valence-electron chi connectivity index (χ1n) is 6.37. The van der Waals surface area contributed by atoms with Crippen LogP contribution < -0.4 is 5.32 Å². The minimum Gasteiger partial charge on any atom is -0.309 e. The molecular formula is C14H21FN2. The summed E-state index contributed by atoms with van der Waals surface area (Å²) in [6.45, 7) is 7.61. The van der Waals surface area contributed by atoms with Crippen LogP contribution in [0.15, 0.2) is 24.3 Å². The lowest BCUT2D eigenvalue weighted by Crippen LogP contribution is -2.34. The molecule has 2 rings (SSSR count). The Morgan fingerprint density at radius 1 is 1.35 bits per heavy atom. The second kappa shape index (κ2) is 5.61. The van der Waals surface area contributed by atoms with E-state index in [1.807, 2.05) is 12.1 Å². The Morgan fingerprint density at radius 2 is 2.06 bits per heavy atom. The van der Waals surface area contributed by atoms with Crippen molar-refractivity contribution in [3.63, 3.8) is 0 Å². The molecule has 1 aromatic carbocycles. The van der Waals surface area contributed by atoms with Crippen molar-refractivity contribution in [2.24, 2.45) is 0 Å². The van der Waals surface area contributed by atoms with Crippen LogP contribution in [0.5, 0.6) is 0 Å². The molecule has 94 valence electrons. The van der Waals surface area contributed by atoms with Gasteiger partial charge in [-0.25, -0.2) is 4.39 Å². The third-order valence-corrected chi connectivity index (χ3v) is 3.46. The summed E-state index contributed by atoms with van der Waals surface area (Å²) >= 11 is 0. The molecule has 0 aromatic heterocycles. The lowest BCUT2D eigenvalue weighted by atomic mass is 10.2. The standard InChI is InChI=1S/C14H21FN2/c1-11(2)17-8-7-14(10-17)16-9-12-3-5-13(15)6-4-12/h3-6,11,14,16H,7-10H2,1-2H3. The minimum absolute atomic E-state index is 0.166. The monoisotopic (exact) mass is 236 g/mol. The molecule has 0 saturated carbocycles. The molecule has 0 spiro atoms. The first-order valence-corrected chi connectivity index (χ1v) is 6.37. The highest BCUT2D eigenvalue weighted by molar-refractivity contribution is 5.15. The average molecular weight is 236 g/mol. The molecule has 1 unspecified atom stereocenters. The van der Waals surface area contributed by atoms with Crippen molar-refractivity contribution in [2.75, 3.05) is 13.1 Å². The van der Waals surface area contributed by atoms with Crippen molar-refractivity contribution in [2.45, 2.75) is 38.9 Å². The molecule has 1 aliphatic heterocycles. The number of benzene rings is 1. The Kier molecular flexibility index (Phi) is 4.13. The molecule has 1 aliphatic rings. The van der Waals surface area contributed by atoms with Gasteiger partial charge in [0.15, 0.2) is 0 Å². The molecule has 2 nitrogen and oxygen atoms in total. The Bertz CT molecular complexity index is 348. The third kappa shape index (κ3) is 3.51. The number of nitrogens with zero attached hydrogens (tertiary/aromatic N) is 1. The largest absolute Gasteiger partial charge is 0.309 e. The van der Waals surface area contributed by atoms with Crippen LogP contribution in [0, 0.1) is 5.82 Å². The van der Waals surface area contributed by atoms with Gasteiger partial charge in [-0.2, -0.15) is 0 Å². The van der Waals surface area contributed by atoms with Gasteiger partial charge in [0, 0.05) is 25.2 Å². The SMILES string of the molecule is CC(C)N1CCC(NCc2ccc(F)cc2)C1. The van der Waals surface area contributed by atoms with E-state index in [2.05, 4.69) is 24.1 Å². The lowest BCUT2D eigenvalue weighted by molar-refractivity contribution is 0.268. The topological polar surface area (TPSA) is 15.3 Å². The van der Waals surface area contributed by atoms with Gasteiger partial charge in [-0.1, -0.05) is 12.1 Å². The highest BCUT2D eigenvalue weighted by Gasteiger charge is 2.23. The molecule has 1 N–H and O–H groups in total. The van der Waals surface area contributed by atoms with Gasteiger partial charge in [0.2, 0.25) is 0 Å². The van der Waals surface area contributed by atoms with Crippen molar-refractivity contribution in [1.29, 1.82) is 0 Å². The van der Waals surface area contributed by atoms with Gasteiger partial charge in [-0.15, -0.1) is 0 Å². The predicted octanol–water partition coefficient (Wildman–Crippen LogP) is 2.40. The molecule has 1 saturated heterocycles. The normalized spacial score (nSPS) is 21.3. The van der Waals surface area contributed by atoms with E-state index in [-0.39, 0.29) is 5.82 Å². The number of halogens is 1. The zero-order valence-corrected chi connectivity index (χ0v) is 10.6. The maximum atomic E-state index is 12.7. The molecule has 0 bridgehead atoms. The maximum absolute atomic E-state index is 12.7. The summed E-state index contributed by atoms with van der Waals surface area (Å²) in [5, 5.41) is 3.54. The third-order valence-electron chi connectivity index (χ3n) is 3.46. The Morgan fingerprint density at radius 3 is 2.65 bits per heavy atom. The summed E-state index contributed by atoms with van der Waals surface area (Å²) in [6.07, 6.45) is 1.21. The van der Waals surface area contributed by atoms with Gasteiger partial charge < -0.3 is 5.32 Å². The minimum atomic E-state index is -0.166. The Labute approximate surface area is 103 Å². The first-order chi connectivity index (χ1) is 8.15. The number of hydrogen-bond acceptors (Lipinski definition) is 2. The van der Waals surface area contributed by atoms with Crippen LogP contribution in [0.1, 0.15) is 25.8 Å². The van der Waals surface area contributed by atoms with Crippen LogP contribution in [0.25, 0.3) is 0 Å². The number of rotatable bonds is 4. The molecule has 0 aliphatic carbocycles. The molecule has 1 fully saturated rings. The van der Waals surface area contributed by atoms with Crippen molar-refractivity contribution in [3.8, 4) is 0 Å². The zero-order valence-electron chi connectivity index (χ0n) is 10.6. The molecular weight excluding hydrogens is 215 g/mol. The quantitative estimate of drug-likeness (QED) is 0.863. The Balaban J connectivity index is 1.78. The summed E-state index contributed by atoms with van der Waals surface area (Å²) in [5.74, 6) is -0.166. The van der Waals surface area contributed by atoms with Crippen LogP contribution >= 0.6 is 0 Å². The van der Waals surface area contributed by atoms with Crippen LogP contribution in [0.4, 0.5) is 4.39 Å². The fraction of sp³-hybridized carbons (Fsp3) is 0.571. The van der Waals surface area contributed by atoms with E-state index in [1.165, 1.54) is 25.1 Å². The zero-order chi connectivity index (χ0) is 12.3. The van der Waals surface area contributed by atoms with Crippen LogP contribution in [0.2, 0.25) is 0 Å². The van der Waals surface area contributed by atoms with Gasteiger partial charge in [-0.3, -0.25) is 4.90 Å². The molecule has 0 radical (unpaired) electrons. The molecule has 1 heterocycles. The molecule has 3 heteroatoms. The highest BCUT2D eigenvalue weighted by Crippen LogP contribution is 2.13. The second-order valence-electron chi connectivity index (χ2n) is 5.08. The van der Waals surface area contributed by atoms with Crippen molar-refractivity contribution in [1.82, 2.24) is 10.2 Å².